The van der Waals surface area contributed by atoms with E-state index >= 15 is 0 Å². The Kier molecular flexibility index (Phi) is 2.48. The van der Waals surface area contributed by atoms with Crippen molar-refractivity contribution in [1.29, 1.82) is 0 Å². The molecule has 1 aromatic heterocycles. The smallest absolute Gasteiger partial charge is 0.323 e. The molecule has 0 aromatic carbocycles. The van der Waals surface area contributed by atoms with Gasteiger partial charge < -0.3 is 15.0 Å². The van der Waals surface area contributed by atoms with Crippen LogP contribution in [0.4, 0.5) is 0 Å². The minimum absolute atomic E-state index is 0.246. The average molecular weight is 209 g/mol. The molecule has 1 heterocycles. The lowest BCUT2D eigenvalue weighted by Crippen LogP contribution is -2.48. The molecular weight excluding hydrogens is 194 g/mol. The summed E-state index contributed by atoms with van der Waals surface area (Å²) in [6.45, 7) is 0. The molecule has 2 unspecified atom stereocenters. The van der Waals surface area contributed by atoms with Gasteiger partial charge in [-0.15, -0.1) is 0 Å². The third-order valence-corrected chi connectivity index (χ3v) is 3.32. The Hall–Kier alpha value is -1.36. The van der Waals surface area contributed by atoms with E-state index in [1.165, 1.54) is 0 Å². The summed E-state index contributed by atoms with van der Waals surface area (Å²) in [4.78, 5) is 15.2. The van der Waals surface area contributed by atoms with E-state index in [0.29, 0.717) is 12.8 Å². The van der Waals surface area contributed by atoms with Gasteiger partial charge in [0.15, 0.2) is 0 Å². The number of aromatic nitrogens is 2. The van der Waals surface area contributed by atoms with Gasteiger partial charge in [-0.3, -0.25) is 4.79 Å². The van der Waals surface area contributed by atoms with Crippen LogP contribution in [0, 0.1) is 0 Å². The van der Waals surface area contributed by atoms with E-state index < -0.39 is 11.5 Å². The molecule has 1 saturated carbocycles. The lowest BCUT2D eigenvalue weighted by molar-refractivity contribution is -0.144. The van der Waals surface area contributed by atoms with Crippen molar-refractivity contribution in [1.82, 2.24) is 14.9 Å². The Bertz CT molecular complexity index is 350. The molecule has 2 rings (SSSR count). The van der Waals surface area contributed by atoms with Crippen LogP contribution in [0.5, 0.6) is 0 Å². The lowest BCUT2D eigenvalue weighted by Gasteiger charge is -2.23. The third-order valence-electron chi connectivity index (χ3n) is 3.32. The first kappa shape index (κ1) is 10.2. The molecule has 5 nitrogen and oxygen atoms in total. The molecule has 0 bridgehead atoms. The predicted octanol–water partition coefficient (Wildman–Crippen LogP) is 0.651. The molecule has 1 aliphatic carbocycles. The molecule has 1 fully saturated rings. The number of nitrogens with zero attached hydrogens (tertiary/aromatic N) is 2. The van der Waals surface area contributed by atoms with Crippen LogP contribution in [0.25, 0.3) is 0 Å². The monoisotopic (exact) mass is 209 g/mol. The fourth-order valence-electron chi connectivity index (χ4n) is 2.29. The van der Waals surface area contributed by atoms with Crippen LogP contribution in [-0.2, 0) is 4.79 Å². The maximum absolute atomic E-state index is 11.2. The number of likely N-dealkylation sites (N-methyl/N-ethyl adjacent to an activating group) is 1. The highest BCUT2D eigenvalue weighted by Gasteiger charge is 2.44. The summed E-state index contributed by atoms with van der Waals surface area (Å²) < 4.78 is 1.99. The van der Waals surface area contributed by atoms with E-state index in [2.05, 4.69) is 10.3 Å². The second kappa shape index (κ2) is 3.66. The van der Waals surface area contributed by atoms with Crippen LogP contribution in [0.1, 0.15) is 25.3 Å². The normalized spacial score (nSPS) is 30.6. The van der Waals surface area contributed by atoms with Crippen molar-refractivity contribution in [3.8, 4) is 0 Å². The van der Waals surface area contributed by atoms with E-state index in [9.17, 15) is 9.90 Å². The molecule has 0 saturated heterocycles. The average Bonchev–Trinajstić information content (AvgIpc) is 2.87. The van der Waals surface area contributed by atoms with Crippen molar-refractivity contribution in [3.63, 3.8) is 0 Å². The molecule has 0 spiro atoms. The molecule has 0 radical (unpaired) electrons. The van der Waals surface area contributed by atoms with E-state index in [4.69, 9.17) is 0 Å². The number of nitrogens with one attached hydrogen (secondary N) is 1. The van der Waals surface area contributed by atoms with Gasteiger partial charge in [0.1, 0.15) is 5.54 Å². The molecule has 82 valence electrons. The van der Waals surface area contributed by atoms with E-state index in [1.54, 1.807) is 19.6 Å². The molecule has 2 atom stereocenters. The quantitative estimate of drug-likeness (QED) is 0.767. The highest BCUT2D eigenvalue weighted by Crippen LogP contribution is 2.37. The van der Waals surface area contributed by atoms with Crippen LogP contribution >= 0.6 is 0 Å². The number of imidazole rings is 1. The summed E-state index contributed by atoms with van der Waals surface area (Å²) in [6, 6.07) is 0.246. The van der Waals surface area contributed by atoms with Gasteiger partial charge in [-0.05, 0) is 26.3 Å². The predicted molar refractivity (Wildman–Crippen MR) is 54.5 cm³/mol. The zero-order valence-corrected chi connectivity index (χ0v) is 8.68. The number of carboxylic acid groups (broad SMARTS) is 1. The van der Waals surface area contributed by atoms with Crippen LogP contribution in [0.2, 0.25) is 0 Å². The minimum atomic E-state index is -0.757. The minimum Gasteiger partial charge on any atom is -0.480 e. The van der Waals surface area contributed by atoms with Crippen LogP contribution in [0.3, 0.4) is 0 Å². The third kappa shape index (κ3) is 1.63. The van der Waals surface area contributed by atoms with Crippen molar-refractivity contribution in [2.24, 2.45) is 0 Å². The maximum Gasteiger partial charge on any atom is 0.323 e. The number of carbonyl (C=O) groups is 1. The van der Waals surface area contributed by atoms with Gasteiger partial charge in [0.25, 0.3) is 0 Å². The van der Waals surface area contributed by atoms with Gasteiger partial charge in [0.2, 0.25) is 0 Å². The van der Waals surface area contributed by atoms with Crippen molar-refractivity contribution < 1.29 is 9.90 Å². The summed E-state index contributed by atoms with van der Waals surface area (Å²) >= 11 is 0. The van der Waals surface area contributed by atoms with Crippen LogP contribution in [-0.4, -0.2) is 33.2 Å². The number of hydrogen-bond acceptors (Lipinski definition) is 3. The molecule has 1 aliphatic rings. The fourth-order valence-corrected chi connectivity index (χ4v) is 2.29. The Morgan fingerprint density at radius 3 is 3.00 bits per heavy atom. The highest BCUT2D eigenvalue weighted by molar-refractivity contribution is 5.79. The zero-order chi connectivity index (χ0) is 10.9. The fraction of sp³-hybridized carbons (Fsp3) is 0.600. The summed E-state index contributed by atoms with van der Waals surface area (Å²) in [5.74, 6) is -0.757. The zero-order valence-electron chi connectivity index (χ0n) is 8.68. The Morgan fingerprint density at radius 2 is 2.53 bits per heavy atom. The molecule has 0 aliphatic heterocycles. The Morgan fingerprint density at radius 1 is 1.73 bits per heavy atom. The largest absolute Gasteiger partial charge is 0.480 e. The first-order valence-electron chi connectivity index (χ1n) is 5.08. The topological polar surface area (TPSA) is 67.2 Å². The summed E-state index contributed by atoms with van der Waals surface area (Å²) in [5.41, 5.74) is -0.755. The number of carboxylic acids is 1. The Balaban J connectivity index is 2.15. The lowest BCUT2D eigenvalue weighted by atomic mass is 9.98. The molecule has 15 heavy (non-hydrogen) atoms. The number of aliphatic carboxylic acids is 1. The first-order valence-corrected chi connectivity index (χ1v) is 5.08. The van der Waals surface area contributed by atoms with E-state index in [0.717, 1.165) is 6.42 Å². The van der Waals surface area contributed by atoms with E-state index in [1.807, 2.05) is 10.8 Å². The molecule has 5 heteroatoms. The van der Waals surface area contributed by atoms with Gasteiger partial charge in [-0.25, -0.2) is 4.98 Å². The highest BCUT2D eigenvalue weighted by atomic mass is 16.4. The Labute approximate surface area is 88.1 Å². The standard InChI is InChI=1S/C10H15N3O2/c1-11-10(9(14)15)3-2-8(6-10)13-5-4-12-7-13/h4-5,7-8,11H,2-3,6H2,1H3,(H,14,15). The van der Waals surface area contributed by atoms with Crippen LogP contribution in [0.15, 0.2) is 18.7 Å². The van der Waals surface area contributed by atoms with E-state index in [-0.39, 0.29) is 6.04 Å². The molecule has 0 amide bonds. The number of hydrogen-bond donors (Lipinski definition) is 2. The van der Waals surface area contributed by atoms with Gasteiger partial charge in [0.05, 0.1) is 6.33 Å². The van der Waals surface area contributed by atoms with Gasteiger partial charge >= 0.3 is 5.97 Å². The van der Waals surface area contributed by atoms with Crippen molar-refractivity contribution >= 4 is 5.97 Å². The van der Waals surface area contributed by atoms with Gasteiger partial charge in [-0.1, -0.05) is 0 Å². The van der Waals surface area contributed by atoms with Crippen molar-refractivity contribution in [2.75, 3.05) is 7.05 Å². The van der Waals surface area contributed by atoms with Crippen molar-refractivity contribution in [2.45, 2.75) is 30.8 Å². The summed E-state index contributed by atoms with van der Waals surface area (Å²) in [5, 5.41) is 12.1. The van der Waals surface area contributed by atoms with Gasteiger partial charge in [0, 0.05) is 18.4 Å². The summed E-state index contributed by atoms with van der Waals surface area (Å²) in [6.07, 6.45) is 7.52. The molecular formula is C10H15N3O2. The van der Waals surface area contributed by atoms with Crippen LogP contribution < -0.4 is 5.32 Å². The second-order valence-corrected chi connectivity index (χ2v) is 4.04. The summed E-state index contributed by atoms with van der Waals surface area (Å²) in [7, 11) is 1.71. The first-order chi connectivity index (χ1) is 7.18. The SMILES string of the molecule is CNC1(C(=O)O)CCC(n2ccnc2)C1. The number of rotatable bonds is 3. The second-order valence-electron chi connectivity index (χ2n) is 4.04. The molecule has 2 N–H and O–H groups in total. The maximum atomic E-state index is 11.2. The molecule has 1 aromatic rings. The van der Waals surface area contributed by atoms with Gasteiger partial charge in [-0.2, -0.15) is 0 Å². The van der Waals surface area contributed by atoms with Crippen molar-refractivity contribution in [3.05, 3.63) is 18.7 Å².